The zero-order valence-electron chi connectivity index (χ0n) is 19.1. The van der Waals surface area contributed by atoms with Crippen molar-refractivity contribution in [2.75, 3.05) is 12.4 Å². The summed E-state index contributed by atoms with van der Waals surface area (Å²) < 4.78 is 48.4. The number of rotatable bonds is 6. The summed E-state index contributed by atoms with van der Waals surface area (Å²) in [5.74, 6) is -2.17. The van der Waals surface area contributed by atoms with E-state index in [9.17, 15) is 27.6 Å². The number of carbonyl (C=O) groups is 3. The van der Waals surface area contributed by atoms with Gasteiger partial charge in [0.05, 0.1) is 23.9 Å². The molecule has 0 fully saturated rings. The topological polar surface area (TPSA) is 106 Å². The molecule has 3 aromatic rings. The molecule has 0 saturated heterocycles. The molecule has 0 atom stereocenters. The van der Waals surface area contributed by atoms with E-state index in [1.54, 1.807) is 42.5 Å². The lowest BCUT2D eigenvalue weighted by Crippen LogP contribution is -2.33. The quantitative estimate of drug-likeness (QED) is 0.172. The predicted octanol–water partition coefficient (Wildman–Crippen LogP) is 4.41. The maximum absolute atomic E-state index is 12.6. The van der Waals surface area contributed by atoms with E-state index in [1.807, 2.05) is 0 Å². The van der Waals surface area contributed by atoms with E-state index in [-0.39, 0.29) is 22.7 Å². The molecule has 0 aromatic heterocycles. The molecule has 3 rings (SSSR count). The molecule has 0 aliphatic heterocycles. The van der Waals surface area contributed by atoms with Gasteiger partial charge in [0.1, 0.15) is 11.5 Å². The summed E-state index contributed by atoms with van der Waals surface area (Å²) in [6, 6.07) is 16.4. The maximum Gasteiger partial charge on any atom is 0.416 e. The number of hydrogen-bond donors (Lipinski definition) is 2. The van der Waals surface area contributed by atoms with Crippen LogP contribution in [-0.2, 0) is 15.8 Å². The first-order valence-corrected chi connectivity index (χ1v) is 10.4. The molecule has 2 N–H and O–H groups in total. The molecule has 0 bridgehead atoms. The number of anilines is 1. The highest BCUT2D eigenvalue weighted by Gasteiger charge is 2.30. The lowest BCUT2D eigenvalue weighted by Gasteiger charge is -2.11. The van der Waals surface area contributed by atoms with Gasteiger partial charge in [-0.05, 0) is 67.6 Å². The highest BCUT2D eigenvalue weighted by Crippen LogP contribution is 2.29. The Labute approximate surface area is 203 Å². The summed E-state index contributed by atoms with van der Waals surface area (Å²) in [5.41, 5.74) is 2.06. The van der Waals surface area contributed by atoms with Crippen molar-refractivity contribution in [3.05, 3.63) is 89.5 Å². The number of para-hydroxylation sites is 1. The van der Waals surface area contributed by atoms with Crippen LogP contribution in [0, 0.1) is 0 Å². The summed E-state index contributed by atoms with van der Waals surface area (Å²) in [5, 5.41) is 6.05. The first-order valence-electron chi connectivity index (χ1n) is 10.4. The fraction of sp³-hybridized carbons (Fsp3) is 0.120. The van der Waals surface area contributed by atoms with Crippen LogP contribution < -0.4 is 20.2 Å². The van der Waals surface area contributed by atoms with Crippen molar-refractivity contribution in [3.63, 3.8) is 0 Å². The summed E-state index contributed by atoms with van der Waals surface area (Å²) in [7, 11) is 1.50. The number of carbonyl (C=O) groups excluding carboxylic acids is 3. The molecule has 0 saturated carbocycles. The number of alkyl halides is 3. The third-order valence-electron chi connectivity index (χ3n) is 4.81. The average molecular weight is 499 g/mol. The number of nitrogens with zero attached hydrogens (tertiary/aromatic N) is 1. The van der Waals surface area contributed by atoms with E-state index >= 15 is 0 Å². The average Bonchev–Trinajstić information content (AvgIpc) is 2.87. The van der Waals surface area contributed by atoms with E-state index in [0.29, 0.717) is 11.3 Å². The van der Waals surface area contributed by atoms with Crippen LogP contribution in [0.5, 0.6) is 11.5 Å². The van der Waals surface area contributed by atoms with Gasteiger partial charge in [-0.1, -0.05) is 12.1 Å². The van der Waals surface area contributed by atoms with E-state index in [1.165, 1.54) is 20.1 Å². The fourth-order valence-electron chi connectivity index (χ4n) is 2.92. The van der Waals surface area contributed by atoms with Crippen LogP contribution in [-0.4, -0.2) is 30.6 Å². The van der Waals surface area contributed by atoms with Gasteiger partial charge in [0, 0.05) is 11.3 Å². The second-order valence-electron chi connectivity index (χ2n) is 7.28. The molecule has 0 radical (unpaired) electrons. The molecule has 2 amide bonds. The Morgan fingerprint density at radius 1 is 0.861 bits per heavy atom. The summed E-state index contributed by atoms with van der Waals surface area (Å²) in [6.07, 6.45) is -4.52. The number of hydrazone groups is 1. The second kappa shape index (κ2) is 11.2. The Hall–Kier alpha value is -4.67. The maximum atomic E-state index is 12.6. The Kier molecular flexibility index (Phi) is 8.05. The zero-order valence-corrected chi connectivity index (χ0v) is 19.1. The third-order valence-corrected chi connectivity index (χ3v) is 4.81. The van der Waals surface area contributed by atoms with Crippen molar-refractivity contribution < 1.29 is 37.0 Å². The van der Waals surface area contributed by atoms with Gasteiger partial charge >= 0.3 is 24.0 Å². The minimum atomic E-state index is -4.52. The molecule has 186 valence electrons. The third kappa shape index (κ3) is 6.69. The second-order valence-corrected chi connectivity index (χ2v) is 7.28. The van der Waals surface area contributed by atoms with E-state index in [2.05, 4.69) is 15.8 Å². The number of nitrogens with one attached hydrogen (secondary N) is 2. The number of halogens is 3. The molecule has 0 unspecified atom stereocenters. The van der Waals surface area contributed by atoms with Crippen LogP contribution >= 0.6 is 0 Å². The minimum absolute atomic E-state index is 0.000332. The number of amides is 2. The van der Waals surface area contributed by atoms with E-state index < -0.39 is 29.5 Å². The highest BCUT2D eigenvalue weighted by molar-refractivity contribution is 6.39. The number of hydrogen-bond acceptors (Lipinski definition) is 6. The molecule has 8 nitrogen and oxygen atoms in total. The van der Waals surface area contributed by atoms with Crippen molar-refractivity contribution in [1.82, 2.24) is 5.43 Å². The smallest absolute Gasteiger partial charge is 0.416 e. The monoisotopic (exact) mass is 499 g/mol. The van der Waals surface area contributed by atoms with E-state index in [4.69, 9.17) is 9.47 Å². The van der Waals surface area contributed by atoms with Crippen LogP contribution in [0.1, 0.15) is 28.4 Å². The normalized spacial score (nSPS) is 11.4. The Bertz CT molecular complexity index is 1290. The van der Waals surface area contributed by atoms with Crippen LogP contribution in [0.2, 0.25) is 0 Å². The first-order chi connectivity index (χ1) is 17.1. The SMILES string of the molecule is COc1ccc(C(=O)Oc2ccccc2/C(C)=N/NC(=O)C(=O)Nc2ccc(C(F)(F)F)cc2)cc1. The van der Waals surface area contributed by atoms with Crippen LogP contribution in [0.15, 0.2) is 77.9 Å². The lowest BCUT2D eigenvalue weighted by molar-refractivity contribution is -0.137. The lowest BCUT2D eigenvalue weighted by atomic mass is 10.1. The van der Waals surface area contributed by atoms with Gasteiger partial charge in [0.2, 0.25) is 0 Å². The minimum Gasteiger partial charge on any atom is -0.497 e. The summed E-state index contributed by atoms with van der Waals surface area (Å²) in [6.45, 7) is 1.52. The molecule has 0 aliphatic rings. The molecule has 0 spiro atoms. The summed E-state index contributed by atoms with van der Waals surface area (Å²) in [4.78, 5) is 36.7. The Morgan fingerprint density at radius 3 is 2.11 bits per heavy atom. The zero-order chi connectivity index (χ0) is 26.3. The van der Waals surface area contributed by atoms with Crippen LogP contribution in [0.25, 0.3) is 0 Å². The van der Waals surface area contributed by atoms with Gasteiger partial charge in [-0.3, -0.25) is 9.59 Å². The Morgan fingerprint density at radius 2 is 1.50 bits per heavy atom. The summed E-state index contributed by atoms with van der Waals surface area (Å²) >= 11 is 0. The first kappa shape index (κ1) is 25.9. The molecule has 3 aromatic carbocycles. The van der Waals surface area contributed by atoms with Crippen molar-refractivity contribution >= 4 is 29.2 Å². The fourth-order valence-corrected chi connectivity index (χ4v) is 2.92. The molecule has 0 aliphatic carbocycles. The number of benzene rings is 3. The molecule has 0 heterocycles. The molecular weight excluding hydrogens is 479 g/mol. The highest BCUT2D eigenvalue weighted by atomic mass is 19.4. The predicted molar refractivity (Wildman–Crippen MR) is 125 cm³/mol. The number of ether oxygens (including phenoxy) is 2. The van der Waals surface area contributed by atoms with Gasteiger partial charge < -0.3 is 14.8 Å². The van der Waals surface area contributed by atoms with Crippen LogP contribution in [0.3, 0.4) is 0 Å². The molecular formula is C25H20F3N3O5. The van der Waals surface area contributed by atoms with Gasteiger partial charge in [0.15, 0.2) is 0 Å². The van der Waals surface area contributed by atoms with Crippen molar-refractivity contribution in [1.29, 1.82) is 0 Å². The van der Waals surface area contributed by atoms with Crippen molar-refractivity contribution in [3.8, 4) is 11.5 Å². The largest absolute Gasteiger partial charge is 0.497 e. The number of esters is 1. The van der Waals surface area contributed by atoms with E-state index in [0.717, 1.165) is 24.3 Å². The van der Waals surface area contributed by atoms with Crippen molar-refractivity contribution in [2.24, 2.45) is 5.10 Å². The van der Waals surface area contributed by atoms with Gasteiger partial charge in [-0.25, -0.2) is 10.2 Å². The standard InChI is InChI=1S/C25H20F3N3O5/c1-15(30-31-23(33)22(32)29-18-11-9-17(10-12-18)25(26,27)28)20-5-3-4-6-21(20)36-24(34)16-7-13-19(35-2)14-8-16/h3-14H,1-2H3,(H,29,32)(H,31,33)/b30-15+. The van der Waals surface area contributed by atoms with Gasteiger partial charge in [-0.15, -0.1) is 0 Å². The molecule has 36 heavy (non-hydrogen) atoms. The van der Waals surface area contributed by atoms with Crippen LogP contribution in [0.4, 0.5) is 18.9 Å². The van der Waals surface area contributed by atoms with Crippen molar-refractivity contribution in [2.45, 2.75) is 13.1 Å². The number of methoxy groups -OCH3 is 1. The Balaban J connectivity index is 1.65. The van der Waals surface area contributed by atoms with Gasteiger partial charge in [-0.2, -0.15) is 18.3 Å². The molecule has 11 heteroatoms. The van der Waals surface area contributed by atoms with Gasteiger partial charge in [0.25, 0.3) is 0 Å².